The lowest BCUT2D eigenvalue weighted by atomic mass is 10.2. The molecule has 0 fully saturated rings. The summed E-state index contributed by atoms with van der Waals surface area (Å²) in [5.74, 6) is 1.55. The van der Waals surface area contributed by atoms with Crippen LogP contribution in [0.2, 0.25) is 0 Å². The molecule has 0 aliphatic carbocycles. The molecular formula is C22H17N3O2S2. The molecule has 0 saturated heterocycles. The Labute approximate surface area is 176 Å². The third kappa shape index (κ3) is 5.43. The molecule has 29 heavy (non-hydrogen) atoms. The van der Waals surface area contributed by atoms with Gasteiger partial charge < -0.3 is 4.74 Å². The van der Waals surface area contributed by atoms with Crippen LogP contribution in [0, 0.1) is 0 Å². The molecule has 1 aromatic heterocycles. The maximum absolute atomic E-state index is 12.0. The van der Waals surface area contributed by atoms with Crippen molar-refractivity contribution in [2.24, 2.45) is 5.10 Å². The topological polar surface area (TPSA) is 63.6 Å². The van der Waals surface area contributed by atoms with Gasteiger partial charge in [-0.05, 0) is 42.0 Å². The smallest absolute Gasteiger partial charge is 0.250 e. The minimum atomic E-state index is -0.179. The predicted molar refractivity (Wildman–Crippen MR) is 119 cm³/mol. The van der Waals surface area contributed by atoms with E-state index in [0.29, 0.717) is 5.75 Å². The number of thioether (sulfide) groups is 1. The van der Waals surface area contributed by atoms with Crippen molar-refractivity contribution in [2.45, 2.75) is 4.34 Å². The highest BCUT2D eigenvalue weighted by Gasteiger charge is 2.07. The number of benzene rings is 3. The average molecular weight is 420 g/mol. The first-order chi connectivity index (χ1) is 14.3. The molecule has 7 heteroatoms. The molecule has 1 amide bonds. The molecule has 3 aromatic carbocycles. The predicted octanol–water partition coefficient (Wildman–Crippen LogP) is 5.33. The largest absolute Gasteiger partial charge is 0.457 e. The summed E-state index contributed by atoms with van der Waals surface area (Å²) in [5, 5.41) is 4.03. The lowest BCUT2D eigenvalue weighted by Crippen LogP contribution is -2.19. The molecule has 4 rings (SSSR count). The van der Waals surface area contributed by atoms with Crippen molar-refractivity contribution < 1.29 is 9.53 Å². The Morgan fingerprint density at radius 1 is 1.03 bits per heavy atom. The van der Waals surface area contributed by atoms with Gasteiger partial charge in [-0.25, -0.2) is 10.4 Å². The van der Waals surface area contributed by atoms with Crippen molar-refractivity contribution in [3.8, 4) is 11.5 Å². The third-order valence-electron chi connectivity index (χ3n) is 3.84. The van der Waals surface area contributed by atoms with Crippen LogP contribution in [0.15, 0.2) is 88.3 Å². The van der Waals surface area contributed by atoms with Gasteiger partial charge in [-0.1, -0.05) is 54.2 Å². The maximum Gasteiger partial charge on any atom is 0.250 e. The Kier molecular flexibility index (Phi) is 6.19. The summed E-state index contributed by atoms with van der Waals surface area (Å²) in [4.78, 5) is 16.5. The van der Waals surface area contributed by atoms with E-state index in [1.54, 1.807) is 17.6 Å². The summed E-state index contributed by atoms with van der Waals surface area (Å²) in [6.07, 6.45) is 1.60. The number of rotatable bonds is 7. The number of hydrogen-bond acceptors (Lipinski definition) is 6. The molecule has 144 valence electrons. The molecule has 0 saturated carbocycles. The first-order valence-electron chi connectivity index (χ1n) is 8.89. The molecule has 0 aliphatic heterocycles. The number of hydrogen-bond donors (Lipinski definition) is 1. The number of para-hydroxylation sites is 2. The monoisotopic (exact) mass is 419 g/mol. The first-order valence-corrected chi connectivity index (χ1v) is 10.7. The summed E-state index contributed by atoms with van der Waals surface area (Å²) < 4.78 is 7.79. The van der Waals surface area contributed by atoms with Gasteiger partial charge in [0, 0.05) is 0 Å². The van der Waals surface area contributed by atoms with Gasteiger partial charge in [-0.3, -0.25) is 4.79 Å². The quantitative estimate of drug-likeness (QED) is 0.250. The Bertz CT molecular complexity index is 1110. The van der Waals surface area contributed by atoms with Crippen LogP contribution in [0.3, 0.4) is 0 Å². The molecule has 0 atom stereocenters. The van der Waals surface area contributed by atoms with Crippen molar-refractivity contribution in [1.82, 2.24) is 10.4 Å². The van der Waals surface area contributed by atoms with Crippen molar-refractivity contribution in [3.63, 3.8) is 0 Å². The summed E-state index contributed by atoms with van der Waals surface area (Å²) in [5.41, 5.74) is 4.34. The summed E-state index contributed by atoms with van der Waals surface area (Å²) >= 11 is 2.99. The number of carbonyl (C=O) groups is 1. The van der Waals surface area contributed by atoms with Gasteiger partial charge in [0.25, 0.3) is 5.91 Å². The molecule has 0 radical (unpaired) electrons. The van der Waals surface area contributed by atoms with Crippen LogP contribution in [0.25, 0.3) is 10.2 Å². The van der Waals surface area contributed by atoms with E-state index in [2.05, 4.69) is 15.5 Å². The zero-order valence-electron chi connectivity index (χ0n) is 15.3. The van der Waals surface area contributed by atoms with Crippen LogP contribution >= 0.6 is 23.1 Å². The lowest BCUT2D eigenvalue weighted by Gasteiger charge is -2.05. The van der Waals surface area contributed by atoms with Crippen LogP contribution in [0.1, 0.15) is 5.56 Å². The van der Waals surface area contributed by atoms with Crippen LogP contribution < -0.4 is 10.2 Å². The second-order valence-electron chi connectivity index (χ2n) is 6.02. The number of amides is 1. The second kappa shape index (κ2) is 9.36. The average Bonchev–Trinajstić information content (AvgIpc) is 3.16. The second-order valence-corrected chi connectivity index (χ2v) is 8.27. The van der Waals surface area contributed by atoms with Crippen LogP contribution in [-0.4, -0.2) is 22.9 Å². The Morgan fingerprint density at radius 2 is 1.83 bits per heavy atom. The Morgan fingerprint density at radius 3 is 2.69 bits per heavy atom. The highest BCUT2D eigenvalue weighted by Crippen LogP contribution is 2.29. The number of nitrogens with one attached hydrogen (secondary N) is 1. The third-order valence-corrected chi connectivity index (χ3v) is 6.02. The van der Waals surface area contributed by atoms with E-state index < -0.39 is 0 Å². The van der Waals surface area contributed by atoms with Crippen molar-refractivity contribution >= 4 is 45.4 Å². The molecule has 5 nitrogen and oxygen atoms in total. The molecule has 1 heterocycles. The SMILES string of the molecule is O=C(CSc1nc2ccccc2s1)N/N=C\c1cccc(Oc2ccccc2)c1. The summed E-state index contributed by atoms with van der Waals surface area (Å²) in [6.45, 7) is 0. The van der Waals surface area contributed by atoms with E-state index in [-0.39, 0.29) is 11.7 Å². The van der Waals surface area contributed by atoms with Gasteiger partial charge in [-0.15, -0.1) is 11.3 Å². The van der Waals surface area contributed by atoms with Crippen molar-refractivity contribution in [1.29, 1.82) is 0 Å². The summed E-state index contributed by atoms with van der Waals surface area (Å²) in [6, 6.07) is 25.0. The number of aromatic nitrogens is 1. The minimum Gasteiger partial charge on any atom is -0.457 e. The van der Waals surface area contributed by atoms with E-state index in [1.807, 2.05) is 78.9 Å². The van der Waals surface area contributed by atoms with Gasteiger partial charge in [-0.2, -0.15) is 5.10 Å². The van der Waals surface area contributed by atoms with Gasteiger partial charge >= 0.3 is 0 Å². The van der Waals surface area contributed by atoms with E-state index in [1.165, 1.54) is 11.8 Å². The van der Waals surface area contributed by atoms with E-state index in [4.69, 9.17) is 4.74 Å². The lowest BCUT2D eigenvalue weighted by molar-refractivity contribution is -0.118. The van der Waals surface area contributed by atoms with Crippen LogP contribution in [0.5, 0.6) is 11.5 Å². The molecule has 0 bridgehead atoms. The van der Waals surface area contributed by atoms with Crippen LogP contribution in [-0.2, 0) is 4.79 Å². The molecule has 4 aromatic rings. The number of thiazole rings is 1. The normalized spacial score (nSPS) is 11.0. The number of nitrogens with zero attached hydrogens (tertiary/aromatic N) is 2. The van der Waals surface area contributed by atoms with Gasteiger partial charge in [0.1, 0.15) is 11.5 Å². The van der Waals surface area contributed by atoms with Crippen LogP contribution in [0.4, 0.5) is 0 Å². The van der Waals surface area contributed by atoms with Gasteiger partial charge in [0.05, 0.1) is 22.2 Å². The van der Waals surface area contributed by atoms with E-state index in [0.717, 1.165) is 25.9 Å². The molecule has 0 unspecified atom stereocenters. The molecule has 0 spiro atoms. The van der Waals surface area contributed by atoms with Crippen molar-refractivity contribution in [2.75, 3.05) is 5.75 Å². The highest BCUT2D eigenvalue weighted by molar-refractivity contribution is 8.01. The number of carbonyl (C=O) groups excluding carboxylic acids is 1. The summed E-state index contributed by atoms with van der Waals surface area (Å²) in [7, 11) is 0. The van der Waals surface area contributed by atoms with Gasteiger partial charge in [0.15, 0.2) is 4.34 Å². The van der Waals surface area contributed by atoms with Crippen molar-refractivity contribution in [3.05, 3.63) is 84.4 Å². The van der Waals surface area contributed by atoms with E-state index in [9.17, 15) is 4.79 Å². The Balaban J connectivity index is 1.29. The van der Waals surface area contributed by atoms with Gasteiger partial charge in [0.2, 0.25) is 0 Å². The van der Waals surface area contributed by atoms with E-state index >= 15 is 0 Å². The minimum absolute atomic E-state index is 0.179. The maximum atomic E-state index is 12.0. The number of fused-ring (bicyclic) bond motifs is 1. The fourth-order valence-corrected chi connectivity index (χ4v) is 4.39. The zero-order valence-corrected chi connectivity index (χ0v) is 17.0. The molecule has 1 N–H and O–H groups in total. The first kappa shape index (κ1) is 19.2. The molecule has 0 aliphatic rings. The number of hydrazone groups is 1. The fraction of sp³-hybridized carbons (Fsp3) is 0.0455. The number of ether oxygens (including phenoxy) is 1. The highest BCUT2D eigenvalue weighted by atomic mass is 32.2. The zero-order chi connectivity index (χ0) is 19.9. The fourth-order valence-electron chi connectivity index (χ4n) is 2.53. The molecular weight excluding hydrogens is 402 g/mol. The Hall–Kier alpha value is -3.16. The standard InChI is InChI=1S/C22H17N3O2S2/c26-21(15-28-22-24-19-11-4-5-12-20(19)29-22)25-23-14-16-7-6-10-18(13-16)27-17-8-2-1-3-9-17/h1-14H,15H2,(H,25,26)/b23-14-.